The minimum atomic E-state index is -0.599. The topological polar surface area (TPSA) is 87.7 Å². The molecule has 0 aromatic heterocycles. The van der Waals surface area contributed by atoms with Crippen LogP contribution in [0.5, 0.6) is 0 Å². The molecule has 0 aliphatic carbocycles. The molecule has 3 amide bonds. The molecule has 7 nitrogen and oxygen atoms in total. The van der Waals surface area contributed by atoms with Crippen LogP contribution in [0.25, 0.3) is 0 Å². The number of hydrogen-bond donors (Lipinski definition) is 2. The molecule has 29 heavy (non-hydrogen) atoms. The molecule has 1 aliphatic heterocycles. The van der Waals surface area contributed by atoms with E-state index in [-0.39, 0.29) is 24.4 Å². The van der Waals surface area contributed by atoms with Crippen molar-refractivity contribution in [2.75, 3.05) is 19.6 Å². The maximum atomic E-state index is 12.2. The Morgan fingerprint density at radius 1 is 1.21 bits per heavy atom. The number of benzene rings is 1. The van der Waals surface area contributed by atoms with E-state index < -0.39 is 11.7 Å². The van der Waals surface area contributed by atoms with E-state index in [0.29, 0.717) is 38.8 Å². The van der Waals surface area contributed by atoms with Crippen molar-refractivity contribution in [3.05, 3.63) is 34.3 Å². The molecular weight excluding hydrogens is 438 g/mol. The van der Waals surface area contributed by atoms with Crippen molar-refractivity contribution in [3.8, 4) is 0 Å². The van der Waals surface area contributed by atoms with Gasteiger partial charge in [0, 0.05) is 30.0 Å². The van der Waals surface area contributed by atoms with Gasteiger partial charge >= 0.3 is 6.09 Å². The summed E-state index contributed by atoms with van der Waals surface area (Å²) in [4.78, 5) is 37.8. The Labute approximate surface area is 180 Å². The Morgan fingerprint density at radius 3 is 2.52 bits per heavy atom. The van der Waals surface area contributed by atoms with E-state index >= 15 is 0 Å². The molecule has 1 heterocycles. The molecule has 8 heteroatoms. The van der Waals surface area contributed by atoms with Crippen LogP contribution in [0.15, 0.2) is 28.7 Å². The van der Waals surface area contributed by atoms with Crippen molar-refractivity contribution in [1.82, 2.24) is 15.5 Å². The van der Waals surface area contributed by atoms with Crippen LogP contribution >= 0.6 is 15.9 Å². The zero-order valence-corrected chi connectivity index (χ0v) is 18.9. The summed E-state index contributed by atoms with van der Waals surface area (Å²) in [5, 5.41) is 5.55. The number of carbonyl (C=O) groups is 3. The Bertz CT molecular complexity index is 725. The quantitative estimate of drug-likeness (QED) is 0.672. The number of rotatable bonds is 6. The second kappa shape index (κ2) is 10.6. The zero-order chi connectivity index (χ0) is 21.4. The lowest BCUT2D eigenvalue weighted by atomic mass is 10.0. The van der Waals surface area contributed by atoms with Crippen LogP contribution in [0.2, 0.25) is 0 Å². The molecule has 1 aromatic rings. The summed E-state index contributed by atoms with van der Waals surface area (Å²) in [7, 11) is 0. The first-order valence-electron chi connectivity index (χ1n) is 9.91. The number of halogens is 1. The Morgan fingerprint density at radius 2 is 1.90 bits per heavy atom. The van der Waals surface area contributed by atoms with E-state index in [0.717, 1.165) is 10.0 Å². The van der Waals surface area contributed by atoms with Gasteiger partial charge in [0.1, 0.15) is 12.1 Å². The summed E-state index contributed by atoms with van der Waals surface area (Å²) in [5.74, 6) is -0.114. The molecule has 0 spiro atoms. The van der Waals surface area contributed by atoms with Crippen LogP contribution in [0.4, 0.5) is 4.79 Å². The fraction of sp³-hybridized carbons (Fsp3) is 0.571. The average molecular weight is 468 g/mol. The number of aryl methyl sites for hydroxylation is 1. The Balaban J connectivity index is 1.65. The predicted molar refractivity (Wildman–Crippen MR) is 114 cm³/mol. The Hall–Kier alpha value is -2.09. The fourth-order valence-electron chi connectivity index (χ4n) is 3.10. The van der Waals surface area contributed by atoms with E-state index in [1.165, 1.54) is 0 Å². The highest BCUT2D eigenvalue weighted by molar-refractivity contribution is 9.10. The standard InChI is InChI=1S/C21H30BrN3O4/c1-21(2,3)29-20(28)23-14-19(27)25-11-9-17(10-12-25)24-18(26)8-7-15-5-4-6-16(22)13-15/h4-6,13,17H,7-12,14H2,1-3H3,(H,23,28)(H,24,26). The number of piperidine rings is 1. The molecule has 1 aliphatic rings. The molecule has 0 atom stereocenters. The zero-order valence-electron chi connectivity index (χ0n) is 17.3. The monoisotopic (exact) mass is 467 g/mol. The molecule has 160 valence electrons. The van der Waals surface area contributed by atoms with Crippen LogP contribution < -0.4 is 10.6 Å². The van der Waals surface area contributed by atoms with Crippen LogP contribution in [-0.4, -0.2) is 54.1 Å². The normalized spacial score (nSPS) is 15.0. The van der Waals surface area contributed by atoms with Crippen LogP contribution in [0, 0.1) is 0 Å². The number of likely N-dealkylation sites (tertiary alicyclic amines) is 1. The van der Waals surface area contributed by atoms with Gasteiger partial charge in [0.15, 0.2) is 0 Å². The van der Waals surface area contributed by atoms with Crippen LogP contribution in [0.1, 0.15) is 45.6 Å². The van der Waals surface area contributed by atoms with Crippen LogP contribution in [0.3, 0.4) is 0 Å². The van der Waals surface area contributed by atoms with Gasteiger partial charge in [-0.25, -0.2) is 4.79 Å². The number of ether oxygens (including phenoxy) is 1. The van der Waals surface area contributed by atoms with E-state index in [1.807, 2.05) is 24.3 Å². The van der Waals surface area contributed by atoms with Gasteiger partial charge in [-0.3, -0.25) is 9.59 Å². The highest BCUT2D eigenvalue weighted by Crippen LogP contribution is 2.14. The largest absolute Gasteiger partial charge is 0.444 e. The van der Waals surface area contributed by atoms with E-state index in [1.54, 1.807) is 25.7 Å². The summed E-state index contributed by atoms with van der Waals surface area (Å²) in [6.07, 6.45) is 1.95. The minimum Gasteiger partial charge on any atom is -0.444 e. The molecule has 0 unspecified atom stereocenters. The summed E-state index contributed by atoms with van der Waals surface area (Å²) in [5.41, 5.74) is 0.521. The average Bonchev–Trinajstić information content (AvgIpc) is 2.64. The summed E-state index contributed by atoms with van der Waals surface area (Å²) < 4.78 is 6.13. The molecule has 0 saturated carbocycles. The SMILES string of the molecule is CC(C)(C)OC(=O)NCC(=O)N1CCC(NC(=O)CCc2cccc(Br)c2)CC1. The minimum absolute atomic E-state index is 0.0290. The number of nitrogens with one attached hydrogen (secondary N) is 2. The van der Waals surface area contributed by atoms with Gasteiger partial charge in [0.25, 0.3) is 0 Å². The first kappa shape index (κ1) is 23.2. The van der Waals surface area contributed by atoms with Crippen LogP contribution in [-0.2, 0) is 20.7 Å². The molecule has 1 saturated heterocycles. The third kappa shape index (κ3) is 8.85. The molecule has 0 radical (unpaired) electrons. The number of nitrogens with zero attached hydrogens (tertiary/aromatic N) is 1. The first-order valence-corrected chi connectivity index (χ1v) is 10.7. The lowest BCUT2D eigenvalue weighted by Crippen LogP contribution is -2.49. The highest BCUT2D eigenvalue weighted by atomic mass is 79.9. The molecular formula is C21H30BrN3O4. The third-order valence-corrected chi connectivity index (χ3v) is 5.02. The van der Waals surface area contributed by atoms with E-state index in [2.05, 4.69) is 26.6 Å². The van der Waals surface area contributed by atoms with E-state index in [9.17, 15) is 14.4 Å². The number of carbonyl (C=O) groups excluding carboxylic acids is 3. The predicted octanol–water partition coefficient (Wildman–Crippen LogP) is 3.01. The maximum Gasteiger partial charge on any atom is 0.408 e. The molecule has 1 fully saturated rings. The second-order valence-electron chi connectivity index (χ2n) is 8.21. The molecule has 2 rings (SSSR count). The van der Waals surface area contributed by atoms with Gasteiger partial charge in [0.05, 0.1) is 0 Å². The number of hydrogen-bond acceptors (Lipinski definition) is 4. The number of alkyl carbamates (subject to hydrolysis) is 1. The fourth-order valence-corrected chi connectivity index (χ4v) is 3.54. The second-order valence-corrected chi connectivity index (χ2v) is 9.12. The van der Waals surface area contributed by atoms with Crippen molar-refractivity contribution < 1.29 is 19.1 Å². The van der Waals surface area contributed by atoms with Gasteiger partial charge in [0.2, 0.25) is 11.8 Å². The molecule has 1 aromatic carbocycles. The third-order valence-electron chi connectivity index (χ3n) is 4.53. The van der Waals surface area contributed by atoms with Crippen molar-refractivity contribution in [2.45, 2.75) is 58.1 Å². The van der Waals surface area contributed by atoms with Gasteiger partial charge in [-0.15, -0.1) is 0 Å². The van der Waals surface area contributed by atoms with Gasteiger partial charge in [-0.1, -0.05) is 28.1 Å². The van der Waals surface area contributed by atoms with Gasteiger partial charge in [-0.05, 0) is 57.7 Å². The summed E-state index contributed by atoms with van der Waals surface area (Å²) in [6, 6.07) is 8.02. The lowest BCUT2D eigenvalue weighted by Gasteiger charge is -2.32. The van der Waals surface area contributed by atoms with Crippen molar-refractivity contribution in [1.29, 1.82) is 0 Å². The van der Waals surface area contributed by atoms with Gasteiger partial charge < -0.3 is 20.3 Å². The highest BCUT2D eigenvalue weighted by Gasteiger charge is 2.24. The number of amides is 3. The van der Waals surface area contributed by atoms with Crippen molar-refractivity contribution >= 4 is 33.8 Å². The van der Waals surface area contributed by atoms with Gasteiger partial charge in [-0.2, -0.15) is 0 Å². The first-order chi connectivity index (χ1) is 13.6. The van der Waals surface area contributed by atoms with Crippen molar-refractivity contribution in [3.63, 3.8) is 0 Å². The molecule has 2 N–H and O–H groups in total. The summed E-state index contributed by atoms with van der Waals surface area (Å²) >= 11 is 3.43. The van der Waals surface area contributed by atoms with E-state index in [4.69, 9.17) is 4.74 Å². The smallest absolute Gasteiger partial charge is 0.408 e. The summed E-state index contributed by atoms with van der Waals surface area (Å²) in [6.45, 7) is 6.35. The van der Waals surface area contributed by atoms with Crippen molar-refractivity contribution in [2.24, 2.45) is 0 Å². The Kier molecular flexibility index (Phi) is 8.49. The molecule has 0 bridgehead atoms. The maximum absolute atomic E-state index is 12.2. The lowest BCUT2D eigenvalue weighted by molar-refractivity contribution is -0.131.